The second-order valence-electron chi connectivity index (χ2n) is 6.34. The van der Waals surface area contributed by atoms with Crippen molar-refractivity contribution in [3.05, 3.63) is 64.2 Å². The Morgan fingerprint density at radius 3 is 2.17 bits per heavy atom. The molecule has 1 N–H and O–H groups in total. The highest BCUT2D eigenvalue weighted by atomic mass is 16.6. The number of esters is 1. The molecule has 0 fully saturated rings. The third-order valence-electron chi connectivity index (χ3n) is 3.77. The third kappa shape index (κ3) is 6.73. The molecule has 0 aliphatic rings. The highest BCUT2D eigenvalue weighted by Gasteiger charge is 2.12. The second-order valence-corrected chi connectivity index (χ2v) is 6.34. The number of ether oxygens (including phenoxy) is 2. The number of hydrogen-bond donors (Lipinski definition) is 1. The summed E-state index contributed by atoms with van der Waals surface area (Å²) in [5.74, 6) is -1.19. The number of benzene rings is 2. The Balaban J connectivity index is 1.78. The van der Waals surface area contributed by atoms with Gasteiger partial charge in [-0.3, -0.25) is 19.7 Å². The zero-order valence-electron chi connectivity index (χ0n) is 15.9. The summed E-state index contributed by atoms with van der Waals surface area (Å²) in [6.07, 6.45) is 0. The minimum atomic E-state index is -0.752. The van der Waals surface area contributed by atoms with Crippen LogP contribution in [-0.2, 0) is 14.3 Å². The molecular weight excluding hydrogens is 380 g/mol. The Morgan fingerprint density at radius 1 is 1.00 bits per heavy atom. The average Bonchev–Trinajstić information content (AvgIpc) is 2.71. The van der Waals surface area contributed by atoms with Gasteiger partial charge < -0.3 is 14.8 Å². The molecule has 2 aromatic carbocycles. The van der Waals surface area contributed by atoms with Gasteiger partial charge in [-0.15, -0.1) is 0 Å². The lowest BCUT2D eigenvalue weighted by Crippen LogP contribution is -2.20. The summed E-state index contributed by atoms with van der Waals surface area (Å²) in [5.41, 5.74) is 0.797. The van der Waals surface area contributed by atoms with Gasteiger partial charge in [-0.25, -0.2) is 4.79 Å². The van der Waals surface area contributed by atoms with E-state index >= 15 is 0 Å². The maximum absolute atomic E-state index is 12.1. The van der Waals surface area contributed by atoms with Crippen molar-refractivity contribution in [3.8, 4) is 5.75 Å². The molecule has 0 spiro atoms. The van der Waals surface area contributed by atoms with Crippen molar-refractivity contribution in [3.63, 3.8) is 0 Å². The van der Waals surface area contributed by atoms with Crippen LogP contribution in [0.1, 0.15) is 24.2 Å². The van der Waals surface area contributed by atoms with Crippen LogP contribution in [0.25, 0.3) is 0 Å². The highest BCUT2D eigenvalue weighted by molar-refractivity contribution is 5.99. The van der Waals surface area contributed by atoms with Gasteiger partial charge >= 0.3 is 5.97 Å². The van der Waals surface area contributed by atoms with E-state index in [2.05, 4.69) is 5.32 Å². The number of rotatable bonds is 9. The molecule has 0 saturated heterocycles. The first-order chi connectivity index (χ1) is 13.8. The van der Waals surface area contributed by atoms with E-state index in [0.29, 0.717) is 11.3 Å². The van der Waals surface area contributed by atoms with Crippen molar-refractivity contribution < 1.29 is 28.8 Å². The van der Waals surface area contributed by atoms with E-state index in [1.165, 1.54) is 36.4 Å². The van der Waals surface area contributed by atoms with Crippen LogP contribution >= 0.6 is 0 Å². The number of amides is 1. The van der Waals surface area contributed by atoms with Crippen molar-refractivity contribution in [1.82, 2.24) is 0 Å². The van der Waals surface area contributed by atoms with Gasteiger partial charge in [-0.05, 0) is 36.4 Å². The van der Waals surface area contributed by atoms with E-state index in [-0.39, 0.29) is 23.3 Å². The number of nitro benzene ring substituents is 1. The van der Waals surface area contributed by atoms with E-state index < -0.39 is 29.9 Å². The Morgan fingerprint density at radius 2 is 1.62 bits per heavy atom. The van der Waals surface area contributed by atoms with E-state index in [0.717, 1.165) is 0 Å². The third-order valence-corrected chi connectivity index (χ3v) is 3.77. The Hall–Kier alpha value is -3.75. The van der Waals surface area contributed by atoms with Crippen LogP contribution in [0.3, 0.4) is 0 Å². The lowest BCUT2D eigenvalue weighted by Gasteiger charge is -2.09. The van der Waals surface area contributed by atoms with Crippen molar-refractivity contribution in [2.75, 3.05) is 18.5 Å². The van der Waals surface area contributed by atoms with Crippen molar-refractivity contribution in [1.29, 1.82) is 0 Å². The number of non-ortho nitro benzene ring substituents is 1. The summed E-state index contributed by atoms with van der Waals surface area (Å²) in [5, 5.41) is 13.3. The molecule has 0 unspecified atom stereocenters. The van der Waals surface area contributed by atoms with Gasteiger partial charge in [0.25, 0.3) is 5.69 Å². The maximum Gasteiger partial charge on any atom is 0.344 e. The van der Waals surface area contributed by atoms with Crippen molar-refractivity contribution >= 4 is 29.0 Å². The standard InChI is InChI=1S/C20H20N2O7/c1-13(2)20(25)21-15-5-3-14(4-6-15)18(23)11-29-19(24)12-28-17-9-7-16(8-10-17)22(26)27/h3-10,13H,11-12H2,1-2H3,(H,21,25). The van der Waals surface area contributed by atoms with Gasteiger partial charge in [0.2, 0.25) is 5.91 Å². The van der Waals surface area contributed by atoms with Crippen molar-refractivity contribution in [2.45, 2.75) is 13.8 Å². The molecule has 1 amide bonds. The molecule has 0 aliphatic carbocycles. The summed E-state index contributed by atoms with van der Waals surface area (Å²) in [4.78, 5) is 45.5. The van der Waals surface area contributed by atoms with E-state index in [9.17, 15) is 24.5 Å². The molecular formula is C20H20N2O7. The molecule has 2 aromatic rings. The number of hydrogen-bond acceptors (Lipinski definition) is 7. The average molecular weight is 400 g/mol. The maximum atomic E-state index is 12.1. The minimum absolute atomic E-state index is 0.0969. The normalized spacial score (nSPS) is 10.3. The molecule has 0 heterocycles. The molecule has 0 saturated carbocycles. The zero-order valence-corrected chi connectivity index (χ0v) is 15.9. The predicted molar refractivity (Wildman–Crippen MR) is 104 cm³/mol. The summed E-state index contributed by atoms with van der Waals surface area (Å²) in [6, 6.07) is 11.4. The van der Waals surface area contributed by atoms with Crippen LogP contribution in [-0.4, -0.2) is 35.8 Å². The van der Waals surface area contributed by atoms with Crippen LogP contribution in [0.2, 0.25) is 0 Å². The molecule has 0 aliphatic heterocycles. The van der Waals surface area contributed by atoms with Crippen LogP contribution in [0, 0.1) is 16.0 Å². The molecule has 0 aromatic heterocycles. The first-order valence-corrected chi connectivity index (χ1v) is 8.73. The van der Waals surface area contributed by atoms with Crippen LogP contribution < -0.4 is 10.1 Å². The van der Waals surface area contributed by atoms with Gasteiger partial charge in [0.1, 0.15) is 5.75 Å². The topological polar surface area (TPSA) is 125 Å². The number of nitro groups is 1. The Labute approximate surface area is 166 Å². The Kier molecular flexibility index (Phi) is 7.41. The number of carbonyl (C=O) groups is 3. The van der Waals surface area contributed by atoms with Gasteiger partial charge in [-0.2, -0.15) is 0 Å². The fourth-order valence-electron chi connectivity index (χ4n) is 2.10. The summed E-state index contributed by atoms with van der Waals surface area (Å²) in [7, 11) is 0. The summed E-state index contributed by atoms with van der Waals surface area (Å²) < 4.78 is 10.0. The SMILES string of the molecule is CC(C)C(=O)Nc1ccc(C(=O)COC(=O)COc2ccc([N+](=O)[O-])cc2)cc1. The number of ketones is 1. The van der Waals surface area contributed by atoms with Crippen molar-refractivity contribution in [2.24, 2.45) is 5.92 Å². The Bertz CT molecular complexity index is 890. The monoisotopic (exact) mass is 400 g/mol. The smallest absolute Gasteiger partial charge is 0.344 e. The molecule has 2 rings (SSSR count). The largest absolute Gasteiger partial charge is 0.482 e. The highest BCUT2D eigenvalue weighted by Crippen LogP contribution is 2.17. The molecule has 9 nitrogen and oxygen atoms in total. The summed E-state index contributed by atoms with van der Waals surface area (Å²) in [6.45, 7) is 2.64. The van der Waals surface area contributed by atoms with E-state index in [1.54, 1.807) is 26.0 Å². The predicted octanol–water partition coefficient (Wildman–Crippen LogP) is 2.99. The lowest BCUT2D eigenvalue weighted by atomic mass is 10.1. The molecule has 152 valence electrons. The first-order valence-electron chi connectivity index (χ1n) is 8.73. The van der Waals surface area contributed by atoms with Crippen LogP contribution in [0.5, 0.6) is 5.75 Å². The quantitative estimate of drug-likeness (QED) is 0.297. The fourth-order valence-corrected chi connectivity index (χ4v) is 2.10. The zero-order chi connectivity index (χ0) is 21.4. The number of nitrogens with zero attached hydrogens (tertiary/aromatic N) is 1. The minimum Gasteiger partial charge on any atom is -0.482 e. The molecule has 29 heavy (non-hydrogen) atoms. The second kappa shape index (κ2) is 9.98. The van der Waals surface area contributed by atoms with Crippen LogP contribution in [0.4, 0.5) is 11.4 Å². The number of Topliss-reactive ketones (excluding diaryl/α,β-unsaturated/α-hetero) is 1. The van der Waals surface area contributed by atoms with E-state index in [4.69, 9.17) is 9.47 Å². The van der Waals surface area contributed by atoms with Gasteiger partial charge in [-0.1, -0.05) is 13.8 Å². The van der Waals surface area contributed by atoms with Gasteiger partial charge in [0.05, 0.1) is 4.92 Å². The number of nitrogens with one attached hydrogen (secondary N) is 1. The van der Waals surface area contributed by atoms with Gasteiger partial charge in [0, 0.05) is 29.3 Å². The van der Waals surface area contributed by atoms with Crippen LogP contribution in [0.15, 0.2) is 48.5 Å². The fraction of sp³-hybridized carbons (Fsp3) is 0.250. The summed E-state index contributed by atoms with van der Waals surface area (Å²) >= 11 is 0. The number of anilines is 1. The lowest BCUT2D eigenvalue weighted by molar-refractivity contribution is -0.384. The van der Waals surface area contributed by atoms with Gasteiger partial charge in [0.15, 0.2) is 19.0 Å². The number of carbonyl (C=O) groups excluding carboxylic acids is 3. The first kappa shape index (κ1) is 21.5. The molecule has 0 radical (unpaired) electrons. The molecule has 9 heteroatoms. The molecule has 0 atom stereocenters. The molecule has 0 bridgehead atoms. The van der Waals surface area contributed by atoms with E-state index in [1.807, 2.05) is 0 Å².